The fraction of sp³-hybridized carbons (Fsp3) is 0.667. The average molecular weight is 237 g/mol. The van der Waals surface area contributed by atoms with Crippen LogP contribution >= 0.6 is 0 Å². The molecule has 96 valence electrons. The number of hydrogen-bond acceptors (Lipinski definition) is 5. The highest BCUT2D eigenvalue weighted by atomic mass is 15.2. The summed E-state index contributed by atoms with van der Waals surface area (Å²) in [4.78, 5) is 12.6. The van der Waals surface area contributed by atoms with E-state index in [1.165, 1.54) is 6.33 Å². The SMILES string of the molecule is CC(C)CN(CCN(C)C)c1cc(N)ncn1. The number of aromatic nitrogens is 2. The fourth-order valence-electron chi connectivity index (χ4n) is 1.60. The second-order valence-electron chi connectivity index (χ2n) is 4.94. The molecule has 17 heavy (non-hydrogen) atoms. The van der Waals surface area contributed by atoms with Gasteiger partial charge in [-0.3, -0.25) is 0 Å². The molecule has 0 radical (unpaired) electrons. The Kier molecular flexibility index (Phi) is 5.15. The maximum absolute atomic E-state index is 5.69. The number of nitrogens with two attached hydrogens (primary N) is 1. The lowest BCUT2D eigenvalue weighted by Gasteiger charge is -2.27. The first-order valence-electron chi connectivity index (χ1n) is 5.96. The summed E-state index contributed by atoms with van der Waals surface area (Å²) in [7, 11) is 4.14. The standard InChI is InChI=1S/C12H23N5/c1-10(2)8-17(6-5-16(3)4)12-7-11(13)14-9-15-12/h7,9-10H,5-6,8H2,1-4H3,(H2,13,14,15). The number of nitrogens with zero attached hydrogens (tertiary/aromatic N) is 4. The summed E-state index contributed by atoms with van der Waals surface area (Å²) < 4.78 is 0. The molecule has 0 aliphatic heterocycles. The van der Waals surface area contributed by atoms with Gasteiger partial charge >= 0.3 is 0 Å². The van der Waals surface area contributed by atoms with Crippen LogP contribution in [-0.2, 0) is 0 Å². The summed E-state index contributed by atoms with van der Waals surface area (Å²) in [6, 6.07) is 1.83. The van der Waals surface area contributed by atoms with Crippen LogP contribution in [-0.4, -0.2) is 48.6 Å². The molecule has 0 saturated heterocycles. The lowest BCUT2D eigenvalue weighted by molar-refractivity contribution is 0.408. The van der Waals surface area contributed by atoms with Crippen molar-refractivity contribution in [2.75, 3.05) is 44.4 Å². The van der Waals surface area contributed by atoms with Crippen LogP contribution in [0.15, 0.2) is 12.4 Å². The van der Waals surface area contributed by atoms with Crippen molar-refractivity contribution < 1.29 is 0 Å². The Morgan fingerprint density at radius 3 is 2.47 bits per heavy atom. The predicted octanol–water partition coefficient (Wildman–Crippen LogP) is 1.08. The van der Waals surface area contributed by atoms with E-state index in [0.717, 1.165) is 25.5 Å². The second-order valence-corrected chi connectivity index (χ2v) is 4.94. The first kappa shape index (κ1) is 13.7. The molecule has 1 aromatic heterocycles. The molecule has 0 fully saturated rings. The third-order valence-corrected chi connectivity index (χ3v) is 2.40. The summed E-state index contributed by atoms with van der Waals surface area (Å²) >= 11 is 0. The van der Waals surface area contributed by atoms with Crippen LogP contribution in [0.2, 0.25) is 0 Å². The predicted molar refractivity (Wildman–Crippen MR) is 72.0 cm³/mol. The lowest BCUT2D eigenvalue weighted by Crippen LogP contribution is -2.35. The summed E-state index contributed by atoms with van der Waals surface area (Å²) in [6.45, 7) is 7.32. The molecular weight excluding hydrogens is 214 g/mol. The third-order valence-electron chi connectivity index (χ3n) is 2.40. The summed E-state index contributed by atoms with van der Waals surface area (Å²) in [6.07, 6.45) is 1.52. The number of anilines is 2. The van der Waals surface area contributed by atoms with Crippen LogP contribution < -0.4 is 10.6 Å². The van der Waals surface area contributed by atoms with Gasteiger partial charge in [-0.15, -0.1) is 0 Å². The Labute approximate surface area is 104 Å². The van der Waals surface area contributed by atoms with E-state index in [1.807, 2.05) is 6.07 Å². The van der Waals surface area contributed by atoms with Gasteiger partial charge in [-0.05, 0) is 20.0 Å². The highest BCUT2D eigenvalue weighted by molar-refractivity contribution is 5.45. The minimum absolute atomic E-state index is 0.522. The van der Waals surface area contributed by atoms with Crippen molar-refractivity contribution >= 4 is 11.6 Å². The van der Waals surface area contributed by atoms with E-state index in [9.17, 15) is 0 Å². The molecule has 0 atom stereocenters. The molecule has 5 heteroatoms. The average Bonchev–Trinajstić information content (AvgIpc) is 2.23. The van der Waals surface area contributed by atoms with E-state index < -0.39 is 0 Å². The van der Waals surface area contributed by atoms with Crippen molar-refractivity contribution in [2.45, 2.75) is 13.8 Å². The zero-order valence-corrected chi connectivity index (χ0v) is 11.2. The number of likely N-dealkylation sites (N-methyl/N-ethyl adjacent to an activating group) is 1. The fourth-order valence-corrected chi connectivity index (χ4v) is 1.60. The minimum atomic E-state index is 0.522. The number of nitrogen functional groups attached to an aromatic ring is 1. The largest absolute Gasteiger partial charge is 0.384 e. The van der Waals surface area contributed by atoms with Crippen molar-refractivity contribution in [3.05, 3.63) is 12.4 Å². The van der Waals surface area contributed by atoms with Gasteiger partial charge in [0, 0.05) is 25.7 Å². The summed E-state index contributed by atoms with van der Waals surface area (Å²) in [5, 5.41) is 0. The highest BCUT2D eigenvalue weighted by Crippen LogP contribution is 2.13. The molecule has 1 rings (SSSR count). The van der Waals surface area contributed by atoms with Crippen LogP contribution in [0.5, 0.6) is 0 Å². The molecule has 0 saturated carbocycles. The van der Waals surface area contributed by atoms with E-state index >= 15 is 0 Å². The van der Waals surface area contributed by atoms with E-state index in [1.54, 1.807) is 0 Å². The third kappa shape index (κ3) is 4.99. The van der Waals surface area contributed by atoms with Crippen molar-refractivity contribution in [3.63, 3.8) is 0 Å². The molecule has 0 unspecified atom stereocenters. The quantitative estimate of drug-likeness (QED) is 0.802. The summed E-state index contributed by atoms with van der Waals surface area (Å²) in [5.41, 5.74) is 5.69. The van der Waals surface area contributed by atoms with Crippen LogP contribution in [0.1, 0.15) is 13.8 Å². The van der Waals surface area contributed by atoms with Gasteiger partial charge in [0.2, 0.25) is 0 Å². The first-order valence-corrected chi connectivity index (χ1v) is 5.96. The van der Waals surface area contributed by atoms with Crippen molar-refractivity contribution in [1.82, 2.24) is 14.9 Å². The number of rotatable bonds is 6. The van der Waals surface area contributed by atoms with Gasteiger partial charge in [-0.1, -0.05) is 13.8 Å². The van der Waals surface area contributed by atoms with Gasteiger partial charge in [0.05, 0.1) is 0 Å². The molecule has 0 aromatic carbocycles. The molecule has 0 bridgehead atoms. The first-order chi connectivity index (χ1) is 7.99. The maximum atomic E-state index is 5.69. The van der Waals surface area contributed by atoms with Crippen LogP contribution in [0.4, 0.5) is 11.6 Å². The van der Waals surface area contributed by atoms with Gasteiger partial charge in [-0.25, -0.2) is 9.97 Å². The molecule has 0 aliphatic carbocycles. The molecule has 1 aromatic rings. The monoisotopic (exact) mass is 237 g/mol. The Balaban J connectivity index is 2.74. The Bertz CT molecular complexity index is 337. The zero-order valence-electron chi connectivity index (χ0n) is 11.2. The number of hydrogen-bond donors (Lipinski definition) is 1. The van der Waals surface area contributed by atoms with Crippen LogP contribution in [0.3, 0.4) is 0 Å². The highest BCUT2D eigenvalue weighted by Gasteiger charge is 2.10. The Morgan fingerprint density at radius 1 is 1.24 bits per heavy atom. The second kappa shape index (κ2) is 6.39. The molecular formula is C12H23N5. The van der Waals surface area contributed by atoms with E-state index in [-0.39, 0.29) is 0 Å². The lowest BCUT2D eigenvalue weighted by atomic mass is 10.2. The van der Waals surface area contributed by atoms with E-state index in [4.69, 9.17) is 5.73 Å². The topological polar surface area (TPSA) is 58.3 Å². The Hall–Kier alpha value is -1.36. The van der Waals surface area contributed by atoms with Gasteiger partial charge in [0.1, 0.15) is 18.0 Å². The molecule has 0 aliphatic rings. The van der Waals surface area contributed by atoms with Gasteiger partial charge in [0.15, 0.2) is 0 Å². The normalized spacial score (nSPS) is 11.2. The van der Waals surface area contributed by atoms with Gasteiger partial charge in [-0.2, -0.15) is 0 Å². The van der Waals surface area contributed by atoms with Gasteiger partial charge in [0.25, 0.3) is 0 Å². The zero-order chi connectivity index (χ0) is 12.8. The van der Waals surface area contributed by atoms with Crippen molar-refractivity contribution in [1.29, 1.82) is 0 Å². The molecule has 1 heterocycles. The Morgan fingerprint density at radius 2 is 1.94 bits per heavy atom. The maximum Gasteiger partial charge on any atom is 0.134 e. The van der Waals surface area contributed by atoms with Gasteiger partial charge < -0.3 is 15.5 Å². The van der Waals surface area contributed by atoms with Crippen LogP contribution in [0.25, 0.3) is 0 Å². The molecule has 0 amide bonds. The molecule has 2 N–H and O–H groups in total. The van der Waals surface area contributed by atoms with Crippen molar-refractivity contribution in [2.24, 2.45) is 5.92 Å². The summed E-state index contributed by atoms with van der Waals surface area (Å²) in [5.74, 6) is 2.02. The van der Waals surface area contributed by atoms with Crippen molar-refractivity contribution in [3.8, 4) is 0 Å². The molecule has 5 nitrogen and oxygen atoms in total. The molecule has 0 spiro atoms. The minimum Gasteiger partial charge on any atom is -0.384 e. The van der Waals surface area contributed by atoms with E-state index in [0.29, 0.717) is 11.7 Å². The van der Waals surface area contributed by atoms with E-state index in [2.05, 4.69) is 47.7 Å². The smallest absolute Gasteiger partial charge is 0.134 e. The van der Waals surface area contributed by atoms with Crippen LogP contribution in [0, 0.1) is 5.92 Å².